The molecular weight excluding hydrogens is 282 g/mol. The lowest BCUT2D eigenvalue weighted by molar-refractivity contribution is 0.0903. The highest BCUT2D eigenvalue weighted by Gasteiger charge is 2.32. The van der Waals surface area contributed by atoms with Crippen molar-refractivity contribution in [2.75, 3.05) is 13.2 Å². The van der Waals surface area contributed by atoms with E-state index in [0.29, 0.717) is 24.5 Å². The number of aromatic amines is 1. The zero-order valence-corrected chi connectivity index (χ0v) is 12.4. The molecule has 1 aromatic heterocycles. The fourth-order valence-corrected chi connectivity index (χ4v) is 2.56. The summed E-state index contributed by atoms with van der Waals surface area (Å²) in [6.07, 6.45) is 3.88. The number of amides is 1. The van der Waals surface area contributed by atoms with Gasteiger partial charge in [0.05, 0.1) is 31.6 Å². The topological polar surface area (TPSA) is 76.2 Å². The van der Waals surface area contributed by atoms with E-state index in [2.05, 4.69) is 15.5 Å². The maximum atomic E-state index is 12.5. The van der Waals surface area contributed by atoms with Crippen molar-refractivity contribution in [2.45, 2.75) is 25.5 Å². The summed E-state index contributed by atoms with van der Waals surface area (Å²) in [7, 11) is 0. The first-order valence-corrected chi connectivity index (χ1v) is 7.40. The Morgan fingerprint density at radius 1 is 1.45 bits per heavy atom. The van der Waals surface area contributed by atoms with E-state index in [4.69, 9.17) is 9.47 Å². The van der Waals surface area contributed by atoms with Crippen molar-refractivity contribution in [1.29, 1.82) is 0 Å². The van der Waals surface area contributed by atoms with Crippen LogP contribution in [-0.4, -0.2) is 41.5 Å². The lowest BCUT2D eigenvalue weighted by atomic mass is 10.0. The molecule has 0 radical (unpaired) electrons. The molecule has 1 saturated heterocycles. The third kappa shape index (κ3) is 3.12. The molecule has 6 nitrogen and oxygen atoms in total. The van der Waals surface area contributed by atoms with Crippen molar-refractivity contribution in [3.63, 3.8) is 0 Å². The van der Waals surface area contributed by atoms with Crippen molar-refractivity contribution in [3.05, 3.63) is 47.8 Å². The highest BCUT2D eigenvalue weighted by molar-refractivity contribution is 5.95. The van der Waals surface area contributed by atoms with Crippen LogP contribution in [0.3, 0.4) is 0 Å². The van der Waals surface area contributed by atoms with Crippen LogP contribution in [0.1, 0.15) is 22.8 Å². The number of aryl methyl sites for hydroxylation is 1. The summed E-state index contributed by atoms with van der Waals surface area (Å²) in [4.78, 5) is 12.5. The Morgan fingerprint density at radius 2 is 2.32 bits per heavy atom. The highest BCUT2D eigenvalue weighted by Crippen LogP contribution is 2.16. The Bertz CT molecular complexity index is 627. The summed E-state index contributed by atoms with van der Waals surface area (Å²) in [5.74, 6) is 0.553. The molecule has 1 fully saturated rings. The number of nitrogens with one attached hydrogen (secondary N) is 2. The molecule has 3 rings (SSSR count). The monoisotopic (exact) mass is 301 g/mol. The SMILES string of the molecule is CCc1ccccc1C(=O)N[C@H]1COC[C@H]1Oc1cn[nH]c1. The molecular formula is C16H19N3O3. The number of aromatic nitrogens is 2. The van der Waals surface area contributed by atoms with Crippen molar-refractivity contribution < 1.29 is 14.3 Å². The Kier molecular flexibility index (Phi) is 4.39. The molecule has 2 atom stereocenters. The van der Waals surface area contributed by atoms with E-state index in [9.17, 15) is 4.79 Å². The molecule has 1 aliphatic rings. The van der Waals surface area contributed by atoms with E-state index in [-0.39, 0.29) is 18.1 Å². The fraction of sp³-hybridized carbons (Fsp3) is 0.375. The number of benzene rings is 1. The number of H-pyrrole nitrogens is 1. The lowest BCUT2D eigenvalue weighted by Crippen LogP contribution is -2.45. The van der Waals surface area contributed by atoms with Gasteiger partial charge in [-0.3, -0.25) is 9.89 Å². The molecule has 0 spiro atoms. The summed E-state index contributed by atoms with van der Waals surface area (Å²) < 4.78 is 11.2. The minimum atomic E-state index is -0.213. The summed E-state index contributed by atoms with van der Waals surface area (Å²) in [5.41, 5.74) is 1.74. The third-order valence-electron chi connectivity index (χ3n) is 3.75. The normalized spacial score (nSPS) is 20.8. The second kappa shape index (κ2) is 6.62. The largest absolute Gasteiger partial charge is 0.482 e. The predicted molar refractivity (Wildman–Crippen MR) is 80.9 cm³/mol. The van der Waals surface area contributed by atoms with E-state index in [0.717, 1.165) is 12.0 Å². The molecule has 22 heavy (non-hydrogen) atoms. The molecule has 6 heteroatoms. The van der Waals surface area contributed by atoms with Crippen LogP contribution in [0.2, 0.25) is 0 Å². The fourth-order valence-electron chi connectivity index (χ4n) is 2.56. The summed E-state index contributed by atoms with van der Waals surface area (Å²) in [6, 6.07) is 7.46. The van der Waals surface area contributed by atoms with Gasteiger partial charge in [-0.1, -0.05) is 25.1 Å². The average molecular weight is 301 g/mol. The maximum absolute atomic E-state index is 12.5. The zero-order chi connectivity index (χ0) is 15.4. The lowest BCUT2D eigenvalue weighted by Gasteiger charge is -2.20. The number of carbonyl (C=O) groups is 1. The molecule has 116 valence electrons. The van der Waals surface area contributed by atoms with Gasteiger partial charge in [-0.25, -0.2) is 0 Å². The van der Waals surface area contributed by atoms with Crippen LogP contribution >= 0.6 is 0 Å². The van der Waals surface area contributed by atoms with Gasteiger partial charge in [0.2, 0.25) is 0 Å². The van der Waals surface area contributed by atoms with E-state index < -0.39 is 0 Å². The van der Waals surface area contributed by atoms with Gasteiger partial charge in [-0.15, -0.1) is 0 Å². The Labute approximate surface area is 128 Å². The van der Waals surface area contributed by atoms with Gasteiger partial charge in [0, 0.05) is 5.56 Å². The van der Waals surface area contributed by atoms with Gasteiger partial charge in [-0.2, -0.15) is 5.10 Å². The van der Waals surface area contributed by atoms with E-state index in [1.165, 1.54) is 0 Å². The molecule has 0 aliphatic carbocycles. The standard InChI is InChI=1S/C16H19N3O3/c1-2-11-5-3-4-6-13(11)16(20)19-14-9-21-10-15(14)22-12-7-17-18-8-12/h3-8,14-15H,2,9-10H2,1H3,(H,17,18)(H,19,20)/t14-,15+/m0/s1. The van der Waals surface area contributed by atoms with Gasteiger partial charge in [0.25, 0.3) is 5.91 Å². The van der Waals surface area contributed by atoms with Crippen LogP contribution in [0.5, 0.6) is 5.75 Å². The quantitative estimate of drug-likeness (QED) is 0.878. The predicted octanol–water partition coefficient (Wildman–Crippen LogP) is 1.55. The smallest absolute Gasteiger partial charge is 0.251 e. The van der Waals surface area contributed by atoms with Crippen LogP contribution in [0.4, 0.5) is 0 Å². The van der Waals surface area contributed by atoms with E-state index in [1.54, 1.807) is 12.4 Å². The molecule has 0 saturated carbocycles. The van der Waals surface area contributed by atoms with Gasteiger partial charge in [0.15, 0.2) is 5.75 Å². The van der Waals surface area contributed by atoms with E-state index >= 15 is 0 Å². The van der Waals surface area contributed by atoms with Crippen molar-refractivity contribution in [2.24, 2.45) is 0 Å². The zero-order valence-electron chi connectivity index (χ0n) is 12.4. The van der Waals surface area contributed by atoms with Gasteiger partial charge < -0.3 is 14.8 Å². The first-order valence-electron chi connectivity index (χ1n) is 7.40. The van der Waals surface area contributed by atoms with Crippen molar-refractivity contribution >= 4 is 5.91 Å². The van der Waals surface area contributed by atoms with Crippen LogP contribution in [-0.2, 0) is 11.2 Å². The molecule has 2 N–H and O–H groups in total. The van der Waals surface area contributed by atoms with Crippen LogP contribution in [0.15, 0.2) is 36.7 Å². The van der Waals surface area contributed by atoms with Crippen LogP contribution in [0, 0.1) is 0 Å². The number of hydrogen-bond acceptors (Lipinski definition) is 4. The molecule has 0 bridgehead atoms. The number of ether oxygens (including phenoxy) is 2. The minimum absolute atomic E-state index is 0.0891. The molecule has 1 aromatic carbocycles. The summed E-state index contributed by atoms with van der Waals surface area (Å²) in [6.45, 7) is 2.93. The highest BCUT2D eigenvalue weighted by atomic mass is 16.5. The summed E-state index contributed by atoms with van der Waals surface area (Å²) >= 11 is 0. The summed E-state index contributed by atoms with van der Waals surface area (Å²) in [5, 5.41) is 9.55. The van der Waals surface area contributed by atoms with Crippen molar-refractivity contribution in [3.8, 4) is 5.75 Å². The number of rotatable bonds is 5. The Balaban J connectivity index is 1.67. The minimum Gasteiger partial charge on any atom is -0.482 e. The molecule has 1 amide bonds. The molecule has 2 heterocycles. The second-order valence-corrected chi connectivity index (χ2v) is 5.22. The average Bonchev–Trinajstić information content (AvgIpc) is 3.20. The Hall–Kier alpha value is -2.34. The molecule has 2 aromatic rings. The number of hydrogen-bond donors (Lipinski definition) is 2. The third-order valence-corrected chi connectivity index (χ3v) is 3.75. The van der Waals surface area contributed by atoms with Gasteiger partial charge in [-0.05, 0) is 18.1 Å². The van der Waals surface area contributed by atoms with Crippen LogP contribution in [0.25, 0.3) is 0 Å². The van der Waals surface area contributed by atoms with Gasteiger partial charge in [0.1, 0.15) is 6.10 Å². The van der Waals surface area contributed by atoms with E-state index in [1.807, 2.05) is 31.2 Å². The van der Waals surface area contributed by atoms with Gasteiger partial charge >= 0.3 is 0 Å². The second-order valence-electron chi connectivity index (χ2n) is 5.22. The maximum Gasteiger partial charge on any atom is 0.251 e. The number of carbonyl (C=O) groups excluding carboxylic acids is 1. The number of nitrogens with zero attached hydrogens (tertiary/aromatic N) is 1. The molecule has 1 aliphatic heterocycles. The van der Waals surface area contributed by atoms with Crippen LogP contribution < -0.4 is 10.1 Å². The molecule has 0 unspecified atom stereocenters. The first kappa shape index (κ1) is 14.6. The first-order chi connectivity index (χ1) is 10.8. The van der Waals surface area contributed by atoms with Crippen molar-refractivity contribution in [1.82, 2.24) is 15.5 Å². The Morgan fingerprint density at radius 3 is 3.09 bits per heavy atom.